The van der Waals surface area contributed by atoms with Gasteiger partial charge in [-0.1, -0.05) is 64.3 Å². The Morgan fingerprint density at radius 1 is 1.10 bits per heavy atom. The Labute approximate surface area is 253 Å². The molecule has 0 spiro atoms. The van der Waals surface area contributed by atoms with Crippen LogP contribution in [0.1, 0.15) is 96.4 Å². The van der Waals surface area contributed by atoms with E-state index in [1.54, 1.807) is 11.3 Å². The first-order valence-corrected chi connectivity index (χ1v) is 15.8. The minimum absolute atomic E-state index is 0.0391. The highest BCUT2D eigenvalue weighted by molar-refractivity contribution is 7.13. The van der Waals surface area contributed by atoms with Crippen LogP contribution in [0.2, 0.25) is 0 Å². The van der Waals surface area contributed by atoms with E-state index in [9.17, 15) is 24.3 Å². The fraction of sp³-hybridized carbons (Fsp3) is 0.594. The quantitative estimate of drug-likeness (QED) is 0.213. The average molecular weight is 599 g/mol. The zero-order valence-electron chi connectivity index (χ0n) is 25.5. The third-order valence-corrected chi connectivity index (χ3v) is 8.76. The second-order valence-electron chi connectivity index (χ2n) is 12.4. The molecule has 0 bridgehead atoms. The number of likely N-dealkylation sites (tertiary alicyclic amines) is 1. The molecule has 3 rings (SSSR count). The molecule has 2 heterocycles. The van der Waals surface area contributed by atoms with E-state index in [-0.39, 0.29) is 36.7 Å². The standard InChI is InChI=1S/C32H46N4O5S/c1-21(23-13-15-24(16-14-23)28-22(2)33-20-42-28)34-30(40)26-18-25(38)19-36(26)31(41)29(32(3,4)5)35-27(39)12-10-8-6-7-9-11-17-37/h13-17,20-21,25-26,29,38H,6-12,18-19H2,1-5H3,(H,34,40)(H,35,39)/t21?,25-,26+,29?/m1/s1. The summed E-state index contributed by atoms with van der Waals surface area (Å²) in [4.78, 5) is 57.3. The summed E-state index contributed by atoms with van der Waals surface area (Å²) in [5.74, 6) is -0.899. The van der Waals surface area contributed by atoms with Crippen LogP contribution in [0.4, 0.5) is 0 Å². The normalized spacial score (nSPS) is 18.4. The van der Waals surface area contributed by atoms with E-state index < -0.39 is 23.6 Å². The third kappa shape index (κ3) is 9.19. The second-order valence-corrected chi connectivity index (χ2v) is 13.2. The Bertz CT molecular complexity index is 1210. The van der Waals surface area contributed by atoms with Crippen LogP contribution < -0.4 is 10.6 Å². The summed E-state index contributed by atoms with van der Waals surface area (Å²) in [6.07, 6.45) is 5.49. The van der Waals surface area contributed by atoms with Crippen LogP contribution in [-0.2, 0) is 19.2 Å². The number of thiazole rings is 1. The van der Waals surface area contributed by atoms with Crippen molar-refractivity contribution < 1.29 is 24.3 Å². The molecule has 42 heavy (non-hydrogen) atoms. The van der Waals surface area contributed by atoms with Crippen LogP contribution in [0.3, 0.4) is 0 Å². The van der Waals surface area contributed by atoms with Crippen LogP contribution in [0.5, 0.6) is 0 Å². The summed E-state index contributed by atoms with van der Waals surface area (Å²) in [7, 11) is 0. The molecule has 1 aliphatic heterocycles. The van der Waals surface area contributed by atoms with Crippen molar-refractivity contribution in [3.8, 4) is 10.4 Å². The number of amides is 3. The first-order chi connectivity index (χ1) is 19.9. The number of β-amino-alcohol motifs (C(OH)–C–C–N with tert-alkyl or cyclic N) is 1. The molecule has 0 aliphatic carbocycles. The number of hydrogen-bond acceptors (Lipinski definition) is 7. The highest BCUT2D eigenvalue weighted by Gasteiger charge is 2.44. The molecule has 230 valence electrons. The molecule has 1 aliphatic rings. The number of hydrogen-bond donors (Lipinski definition) is 3. The van der Waals surface area contributed by atoms with E-state index in [0.29, 0.717) is 19.3 Å². The lowest BCUT2D eigenvalue weighted by atomic mass is 9.85. The number of carbonyl (C=O) groups excluding carboxylic acids is 4. The molecule has 1 aromatic carbocycles. The van der Waals surface area contributed by atoms with Crippen molar-refractivity contribution in [2.24, 2.45) is 5.41 Å². The summed E-state index contributed by atoms with van der Waals surface area (Å²) < 4.78 is 0. The van der Waals surface area contributed by atoms with E-state index >= 15 is 0 Å². The molecule has 2 unspecified atom stereocenters. The molecule has 3 amide bonds. The van der Waals surface area contributed by atoms with Crippen LogP contribution in [0.15, 0.2) is 29.8 Å². The lowest BCUT2D eigenvalue weighted by Crippen LogP contribution is -2.57. The second kappa shape index (κ2) is 15.4. The van der Waals surface area contributed by atoms with Gasteiger partial charge in [0.2, 0.25) is 17.7 Å². The Morgan fingerprint density at radius 2 is 1.76 bits per heavy atom. The van der Waals surface area contributed by atoms with Crippen molar-refractivity contribution in [3.05, 3.63) is 41.0 Å². The van der Waals surface area contributed by atoms with Gasteiger partial charge in [-0.05, 0) is 43.2 Å². The Hall–Kier alpha value is -3.11. The van der Waals surface area contributed by atoms with Gasteiger partial charge in [0.15, 0.2) is 0 Å². The van der Waals surface area contributed by atoms with Crippen molar-refractivity contribution in [1.29, 1.82) is 0 Å². The number of rotatable bonds is 14. The van der Waals surface area contributed by atoms with Crippen molar-refractivity contribution >= 4 is 35.3 Å². The number of aryl methyl sites for hydroxylation is 1. The number of aliphatic hydroxyl groups excluding tert-OH is 1. The fourth-order valence-corrected chi connectivity index (χ4v) is 6.10. The molecule has 3 N–H and O–H groups in total. The summed E-state index contributed by atoms with van der Waals surface area (Å²) >= 11 is 1.58. The summed E-state index contributed by atoms with van der Waals surface area (Å²) in [5.41, 5.74) is 4.20. The minimum Gasteiger partial charge on any atom is -0.391 e. The number of unbranched alkanes of at least 4 members (excludes halogenated alkanes) is 5. The Morgan fingerprint density at radius 3 is 2.38 bits per heavy atom. The predicted molar refractivity (Wildman–Crippen MR) is 165 cm³/mol. The third-order valence-electron chi connectivity index (χ3n) is 7.79. The fourth-order valence-electron chi connectivity index (χ4n) is 5.29. The average Bonchev–Trinajstić information content (AvgIpc) is 3.55. The van der Waals surface area contributed by atoms with Crippen LogP contribution in [0.25, 0.3) is 10.4 Å². The van der Waals surface area contributed by atoms with Crippen LogP contribution in [-0.4, -0.2) is 63.7 Å². The Balaban J connectivity index is 1.61. The first-order valence-electron chi connectivity index (χ1n) is 14.9. The molecular weight excluding hydrogens is 552 g/mol. The van der Waals surface area contributed by atoms with Gasteiger partial charge < -0.3 is 25.4 Å². The van der Waals surface area contributed by atoms with Gasteiger partial charge in [-0.2, -0.15) is 0 Å². The first kappa shape index (κ1) is 33.4. The number of benzene rings is 1. The van der Waals surface area contributed by atoms with E-state index in [2.05, 4.69) is 15.6 Å². The van der Waals surface area contributed by atoms with Gasteiger partial charge >= 0.3 is 0 Å². The molecule has 2 aromatic rings. The summed E-state index contributed by atoms with van der Waals surface area (Å²) in [6, 6.07) is 6.00. The Kier molecular flexibility index (Phi) is 12.2. The molecular formula is C32H46N4O5S. The van der Waals surface area contributed by atoms with Gasteiger partial charge in [0.05, 0.1) is 28.2 Å². The smallest absolute Gasteiger partial charge is 0.246 e. The van der Waals surface area contributed by atoms with E-state index in [1.807, 2.05) is 64.4 Å². The SMILES string of the molecule is Cc1ncsc1-c1ccc(C(C)NC(=O)[C@@H]2C[C@@H](O)CN2C(=O)C(NC(=O)CCCCCCCC=O)C(C)(C)C)cc1. The van der Waals surface area contributed by atoms with Gasteiger partial charge in [0, 0.05) is 25.8 Å². The van der Waals surface area contributed by atoms with Crippen LogP contribution >= 0.6 is 11.3 Å². The zero-order valence-corrected chi connectivity index (χ0v) is 26.3. The van der Waals surface area contributed by atoms with E-state index in [1.165, 1.54) is 4.90 Å². The highest BCUT2D eigenvalue weighted by atomic mass is 32.1. The van der Waals surface area contributed by atoms with Gasteiger partial charge in [0.1, 0.15) is 18.4 Å². The topological polar surface area (TPSA) is 129 Å². The monoisotopic (exact) mass is 598 g/mol. The van der Waals surface area contributed by atoms with Crippen molar-refractivity contribution in [2.75, 3.05) is 6.54 Å². The minimum atomic E-state index is -0.835. The molecule has 4 atom stereocenters. The highest BCUT2D eigenvalue weighted by Crippen LogP contribution is 2.29. The summed E-state index contributed by atoms with van der Waals surface area (Å²) in [5, 5.41) is 16.4. The maximum atomic E-state index is 13.8. The van der Waals surface area contributed by atoms with E-state index in [0.717, 1.165) is 53.7 Å². The number of aldehydes is 1. The molecule has 1 aromatic heterocycles. The number of carbonyl (C=O) groups is 4. The lowest BCUT2D eigenvalue weighted by molar-refractivity contribution is -0.144. The zero-order chi connectivity index (χ0) is 30.9. The molecule has 1 saturated heterocycles. The van der Waals surface area contributed by atoms with Crippen LogP contribution in [0, 0.1) is 12.3 Å². The number of aromatic nitrogens is 1. The van der Waals surface area contributed by atoms with Gasteiger partial charge in [-0.15, -0.1) is 11.3 Å². The number of aliphatic hydroxyl groups is 1. The number of nitrogens with one attached hydrogen (secondary N) is 2. The van der Waals surface area contributed by atoms with Gasteiger partial charge in [-0.25, -0.2) is 4.98 Å². The van der Waals surface area contributed by atoms with E-state index in [4.69, 9.17) is 0 Å². The molecule has 1 fully saturated rings. The number of nitrogens with zero attached hydrogens (tertiary/aromatic N) is 2. The molecule has 9 nitrogen and oxygen atoms in total. The van der Waals surface area contributed by atoms with Gasteiger partial charge in [-0.3, -0.25) is 14.4 Å². The van der Waals surface area contributed by atoms with Crippen molar-refractivity contribution in [1.82, 2.24) is 20.5 Å². The largest absolute Gasteiger partial charge is 0.391 e. The lowest BCUT2D eigenvalue weighted by Gasteiger charge is -2.35. The van der Waals surface area contributed by atoms with Crippen molar-refractivity contribution in [2.45, 2.75) is 110 Å². The molecule has 0 saturated carbocycles. The summed E-state index contributed by atoms with van der Waals surface area (Å²) in [6.45, 7) is 9.54. The van der Waals surface area contributed by atoms with Gasteiger partial charge in [0.25, 0.3) is 0 Å². The molecule has 0 radical (unpaired) electrons. The predicted octanol–water partition coefficient (Wildman–Crippen LogP) is 4.72. The van der Waals surface area contributed by atoms with Crippen molar-refractivity contribution in [3.63, 3.8) is 0 Å². The maximum absolute atomic E-state index is 13.8. The maximum Gasteiger partial charge on any atom is 0.246 e. The molecule has 10 heteroatoms.